The minimum Gasteiger partial charge on any atom is -0.493 e. The van der Waals surface area contributed by atoms with Gasteiger partial charge in [0.2, 0.25) is 0 Å². The molecule has 0 bridgehead atoms. The van der Waals surface area contributed by atoms with Gasteiger partial charge in [0.05, 0.1) is 18.1 Å². The van der Waals surface area contributed by atoms with Crippen LogP contribution < -0.4 is 14.8 Å². The average Bonchev–Trinajstić information content (AvgIpc) is 2.45. The van der Waals surface area contributed by atoms with Crippen LogP contribution in [0, 0.1) is 10.1 Å². The molecule has 1 rings (SSSR count). The number of carboxylic acids is 1. The van der Waals surface area contributed by atoms with E-state index in [1.807, 2.05) is 5.32 Å². The van der Waals surface area contributed by atoms with Crippen molar-refractivity contribution in [2.75, 3.05) is 7.11 Å². The van der Waals surface area contributed by atoms with Crippen LogP contribution in [0.3, 0.4) is 0 Å². The minimum atomic E-state index is -3.25. The molecule has 2 N–H and O–H groups in total. The van der Waals surface area contributed by atoms with Crippen molar-refractivity contribution in [2.24, 2.45) is 0 Å². The van der Waals surface area contributed by atoms with Crippen molar-refractivity contribution in [1.29, 1.82) is 0 Å². The molecule has 0 unspecified atom stereocenters. The molecule has 23 heavy (non-hydrogen) atoms. The highest BCUT2D eigenvalue weighted by Gasteiger charge is 2.27. The van der Waals surface area contributed by atoms with E-state index in [4.69, 9.17) is 9.84 Å². The zero-order valence-corrected chi connectivity index (χ0v) is 11.9. The maximum atomic E-state index is 12.3. The van der Waals surface area contributed by atoms with E-state index in [-0.39, 0.29) is 5.75 Å². The molecule has 1 amide bonds. The van der Waals surface area contributed by atoms with Crippen LogP contribution in [-0.4, -0.2) is 41.7 Å². The highest BCUT2D eigenvalue weighted by molar-refractivity contribution is 6.00. The van der Waals surface area contributed by atoms with E-state index in [2.05, 4.69) is 4.74 Å². The highest BCUT2D eigenvalue weighted by Crippen LogP contribution is 2.35. The van der Waals surface area contributed by atoms with Gasteiger partial charge in [0.15, 0.2) is 11.5 Å². The maximum absolute atomic E-state index is 12.3. The van der Waals surface area contributed by atoms with Crippen molar-refractivity contribution in [2.45, 2.75) is 19.6 Å². The Hall–Kier alpha value is -2.98. The molecule has 9 nitrogen and oxygen atoms in total. The Labute approximate surface area is 127 Å². The lowest BCUT2D eigenvalue weighted by atomic mass is 10.1. The van der Waals surface area contributed by atoms with Gasteiger partial charge in [0.1, 0.15) is 11.6 Å². The number of nitrogens with zero attached hydrogens (tertiary/aromatic N) is 1. The van der Waals surface area contributed by atoms with Gasteiger partial charge in [-0.15, -0.1) is 0 Å². The topological polar surface area (TPSA) is 128 Å². The molecule has 0 aliphatic rings. The first-order chi connectivity index (χ1) is 10.7. The van der Waals surface area contributed by atoms with E-state index in [1.165, 1.54) is 0 Å². The van der Waals surface area contributed by atoms with E-state index >= 15 is 0 Å². The number of carbonyl (C=O) groups is 2. The summed E-state index contributed by atoms with van der Waals surface area (Å²) in [7, 11) is 1.08. The number of hydrogen-bond acceptors (Lipinski definition) is 6. The second kappa shape index (κ2) is 7.33. The van der Waals surface area contributed by atoms with E-state index in [0.717, 1.165) is 20.1 Å². The monoisotopic (exact) mass is 334 g/mol. The predicted octanol–water partition coefficient (Wildman–Crippen LogP) is 1.41. The third kappa shape index (κ3) is 4.49. The normalized spacial score (nSPS) is 11.7. The van der Waals surface area contributed by atoms with Crippen LogP contribution in [0.2, 0.25) is 0 Å². The molecule has 126 valence electrons. The number of amides is 1. The smallest absolute Gasteiger partial charge is 0.387 e. The Morgan fingerprint density at radius 3 is 2.39 bits per heavy atom. The Morgan fingerprint density at radius 2 is 1.96 bits per heavy atom. The van der Waals surface area contributed by atoms with Gasteiger partial charge in [-0.25, -0.2) is 0 Å². The Morgan fingerprint density at radius 1 is 1.35 bits per heavy atom. The Bertz CT molecular complexity index is 636. The number of aliphatic carboxylic acids is 1. The fraction of sp³-hybridized carbons (Fsp3) is 0.333. The molecule has 11 heteroatoms. The first-order valence-corrected chi connectivity index (χ1v) is 6.02. The lowest BCUT2D eigenvalue weighted by Gasteiger charge is -2.13. The molecule has 0 aliphatic carbocycles. The van der Waals surface area contributed by atoms with Gasteiger partial charge in [-0.1, -0.05) is 0 Å². The van der Waals surface area contributed by atoms with Crippen LogP contribution in [-0.2, 0) is 4.79 Å². The SMILES string of the molecule is COc1cc(C(=O)N[C@@H](C)C(=O)O)c([N+](=O)[O-])cc1OC(F)F. The second-order valence-electron chi connectivity index (χ2n) is 4.19. The fourth-order valence-electron chi connectivity index (χ4n) is 1.57. The summed E-state index contributed by atoms with van der Waals surface area (Å²) < 4.78 is 33.4. The number of halogens is 2. The molecule has 0 saturated carbocycles. The van der Waals surface area contributed by atoms with Crippen molar-refractivity contribution >= 4 is 17.6 Å². The molecular weight excluding hydrogens is 322 g/mol. The van der Waals surface area contributed by atoms with Crippen molar-refractivity contribution in [3.63, 3.8) is 0 Å². The molecule has 0 saturated heterocycles. The third-order valence-corrected chi connectivity index (χ3v) is 2.66. The van der Waals surface area contributed by atoms with Gasteiger partial charge < -0.3 is 19.9 Å². The summed E-state index contributed by atoms with van der Waals surface area (Å²) in [6.45, 7) is -2.10. The number of nitrogens with one attached hydrogen (secondary N) is 1. The first kappa shape index (κ1) is 18.1. The molecule has 0 aromatic heterocycles. The van der Waals surface area contributed by atoms with E-state index in [0.29, 0.717) is 6.07 Å². The molecule has 0 radical (unpaired) electrons. The molecule has 0 aliphatic heterocycles. The summed E-state index contributed by atoms with van der Waals surface area (Å²) in [5.74, 6) is -3.40. The van der Waals surface area contributed by atoms with Gasteiger partial charge in [0.25, 0.3) is 11.6 Å². The fourth-order valence-corrected chi connectivity index (χ4v) is 1.57. The van der Waals surface area contributed by atoms with Crippen LogP contribution in [0.25, 0.3) is 0 Å². The number of nitro groups is 1. The Balaban J connectivity index is 3.32. The number of rotatable bonds is 7. The van der Waals surface area contributed by atoms with Crippen LogP contribution in [0.5, 0.6) is 11.5 Å². The van der Waals surface area contributed by atoms with E-state index in [1.54, 1.807) is 0 Å². The highest BCUT2D eigenvalue weighted by atomic mass is 19.3. The predicted molar refractivity (Wildman–Crippen MR) is 70.8 cm³/mol. The standard InChI is InChI=1S/C12H12F2N2O7/c1-5(11(18)19)15-10(17)6-3-8(22-2)9(23-12(13)14)4-7(6)16(20)21/h3-5,12H,1-2H3,(H,15,17)(H,18,19)/t5-/m0/s1. The van der Waals surface area contributed by atoms with Crippen LogP contribution in [0.1, 0.15) is 17.3 Å². The summed E-state index contributed by atoms with van der Waals surface area (Å²) in [5, 5.41) is 21.7. The third-order valence-electron chi connectivity index (χ3n) is 2.66. The second-order valence-corrected chi connectivity index (χ2v) is 4.19. The first-order valence-electron chi connectivity index (χ1n) is 6.02. The number of carboxylic acid groups (broad SMARTS) is 1. The molecule has 0 heterocycles. The molecule has 1 atom stereocenters. The summed E-state index contributed by atoms with van der Waals surface area (Å²) in [4.78, 5) is 32.7. The number of carbonyl (C=O) groups excluding carboxylic acids is 1. The summed E-state index contributed by atoms with van der Waals surface area (Å²) in [6.07, 6.45) is 0. The molecule has 0 spiro atoms. The lowest BCUT2D eigenvalue weighted by molar-refractivity contribution is -0.385. The van der Waals surface area contributed by atoms with Crippen molar-refractivity contribution in [1.82, 2.24) is 5.32 Å². The van der Waals surface area contributed by atoms with Crippen molar-refractivity contribution < 1.29 is 37.9 Å². The molecule has 0 fully saturated rings. The molecular formula is C12H12F2N2O7. The van der Waals surface area contributed by atoms with Gasteiger partial charge in [0, 0.05) is 6.07 Å². The molecule has 1 aromatic carbocycles. The zero-order chi connectivity index (χ0) is 17.7. The lowest BCUT2D eigenvalue weighted by Crippen LogP contribution is -2.38. The number of alkyl halides is 2. The zero-order valence-electron chi connectivity index (χ0n) is 11.9. The van der Waals surface area contributed by atoms with Crippen LogP contribution in [0.15, 0.2) is 12.1 Å². The van der Waals surface area contributed by atoms with E-state index in [9.17, 15) is 28.5 Å². The number of hydrogen-bond donors (Lipinski definition) is 2. The van der Waals surface area contributed by atoms with Gasteiger partial charge in [-0.2, -0.15) is 8.78 Å². The van der Waals surface area contributed by atoms with Crippen LogP contribution >= 0.6 is 0 Å². The maximum Gasteiger partial charge on any atom is 0.387 e. The molecule has 1 aromatic rings. The summed E-state index contributed by atoms with van der Waals surface area (Å²) >= 11 is 0. The number of nitro benzene ring substituents is 1. The van der Waals surface area contributed by atoms with Crippen molar-refractivity contribution in [3.8, 4) is 11.5 Å². The van der Waals surface area contributed by atoms with Gasteiger partial charge in [-0.05, 0) is 6.92 Å². The van der Waals surface area contributed by atoms with E-state index < -0.39 is 46.5 Å². The average molecular weight is 334 g/mol. The largest absolute Gasteiger partial charge is 0.493 e. The van der Waals surface area contributed by atoms with Crippen molar-refractivity contribution in [3.05, 3.63) is 27.8 Å². The quantitative estimate of drug-likeness (QED) is 0.570. The summed E-state index contributed by atoms with van der Waals surface area (Å²) in [6, 6.07) is 0.107. The number of methoxy groups -OCH3 is 1. The Kier molecular flexibility index (Phi) is 5.76. The summed E-state index contributed by atoms with van der Waals surface area (Å²) in [5.41, 5.74) is -1.39. The van der Waals surface area contributed by atoms with Gasteiger partial charge >= 0.3 is 12.6 Å². The van der Waals surface area contributed by atoms with Crippen LogP contribution in [0.4, 0.5) is 14.5 Å². The van der Waals surface area contributed by atoms with Gasteiger partial charge in [-0.3, -0.25) is 19.7 Å². The number of ether oxygens (including phenoxy) is 2. The minimum absolute atomic E-state index is 0.343. The number of benzene rings is 1.